The molecule has 2 unspecified atom stereocenters. The molecule has 0 spiro atoms. The minimum absolute atomic E-state index is 0.0615. The molecule has 2 N–H and O–H groups in total. The van der Waals surface area contributed by atoms with Crippen molar-refractivity contribution >= 4 is 0 Å². The molecule has 0 aromatic heterocycles. The highest BCUT2D eigenvalue weighted by Crippen LogP contribution is 2.43. The summed E-state index contributed by atoms with van der Waals surface area (Å²) in [6.45, 7) is 4.40. The number of nitrogens with two attached hydrogens (primary N) is 1. The molecule has 106 valence electrons. The Morgan fingerprint density at radius 1 is 1.42 bits per heavy atom. The molecule has 0 saturated heterocycles. The number of hydrogen-bond donors (Lipinski definition) is 1. The molecule has 1 heterocycles. The van der Waals surface area contributed by atoms with E-state index in [1.165, 1.54) is 12.8 Å². The van der Waals surface area contributed by atoms with Crippen LogP contribution in [0.3, 0.4) is 0 Å². The molecule has 1 aliphatic heterocycles. The van der Waals surface area contributed by atoms with E-state index in [1.54, 1.807) is 7.11 Å². The van der Waals surface area contributed by atoms with Gasteiger partial charge in [0.05, 0.1) is 7.11 Å². The predicted molar refractivity (Wildman–Crippen MR) is 77.7 cm³/mol. The lowest BCUT2D eigenvalue weighted by atomic mass is 9.82. The molecule has 0 aliphatic carbocycles. The third-order valence-electron chi connectivity index (χ3n) is 4.17. The highest BCUT2D eigenvalue weighted by atomic mass is 16.5. The summed E-state index contributed by atoms with van der Waals surface area (Å²) in [5, 5.41) is 0. The van der Waals surface area contributed by atoms with Crippen LogP contribution in [-0.4, -0.2) is 12.7 Å². The first kappa shape index (κ1) is 14.2. The topological polar surface area (TPSA) is 44.5 Å². The number of benzene rings is 1. The second kappa shape index (κ2) is 5.83. The summed E-state index contributed by atoms with van der Waals surface area (Å²) < 4.78 is 11.6. The number of ether oxygens (including phenoxy) is 2. The van der Waals surface area contributed by atoms with Gasteiger partial charge in [-0.15, -0.1) is 0 Å². The second-order valence-electron chi connectivity index (χ2n) is 5.46. The highest BCUT2D eigenvalue weighted by molar-refractivity contribution is 5.44. The van der Waals surface area contributed by atoms with E-state index < -0.39 is 0 Å². The normalized spacial score (nSPS) is 25.6. The van der Waals surface area contributed by atoms with Gasteiger partial charge < -0.3 is 15.2 Å². The fourth-order valence-electron chi connectivity index (χ4n) is 2.87. The van der Waals surface area contributed by atoms with E-state index in [-0.39, 0.29) is 11.6 Å². The van der Waals surface area contributed by atoms with Gasteiger partial charge in [0.25, 0.3) is 0 Å². The number of methoxy groups -OCH3 is 1. The Labute approximate surface area is 116 Å². The van der Waals surface area contributed by atoms with Crippen LogP contribution < -0.4 is 15.2 Å². The molecular formula is C16H25NO2. The Kier molecular flexibility index (Phi) is 4.35. The van der Waals surface area contributed by atoms with E-state index in [9.17, 15) is 0 Å². The van der Waals surface area contributed by atoms with Crippen molar-refractivity contribution in [3.63, 3.8) is 0 Å². The van der Waals surface area contributed by atoms with E-state index in [4.69, 9.17) is 15.2 Å². The Balaban J connectivity index is 2.29. The van der Waals surface area contributed by atoms with Gasteiger partial charge in [-0.3, -0.25) is 0 Å². The monoisotopic (exact) mass is 263 g/mol. The third-order valence-corrected chi connectivity index (χ3v) is 4.17. The number of hydrogen-bond acceptors (Lipinski definition) is 3. The van der Waals surface area contributed by atoms with Gasteiger partial charge in [0, 0.05) is 24.1 Å². The molecule has 0 fully saturated rings. The fourth-order valence-corrected chi connectivity index (χ4v) is 2.87. The van der Waals surface area contributed by atoms with Gasteiger partial charge in [-0.25, -0.2) is 0 Å². The molecule has 2 atom stereocenters. The largest absolute Gasteiger partial charge is 0.497 e. The zero-order valence-corrected chi connectivity index (χ0v) is 12.2. The SMILES string of the molecule is CCCCC1(CC)CC(N)c2ccc(OC)cc2O1. The van der Waals surface area contributed by atoms with Crippen molar-refractivity contribution < 1.29 is 9.47 Å². The van der Waals surface area contributed by atoms with E-state index >= 15 is 0 Å². The van der Waals surface area contributed by atoms with E-state index in [2.05, 4.69) is 13.8 Å². The molecule has 19 heavy (non-hydrogen) atoms. The van der Waals surface area contributed by atoms with Crippen LogP contribution in [-0.2, 0) is 0 Å². The number of rotatable bonds is 5. The van der Waals surface area contributed by atoms with Gasteiger partial charge in [-0.05, 0) is 25.3 Å². The third kappa shape index (κ3) is 2.86. The lowest BCUT2D eigenvalue weighted by Crippen LogP contribution is -2.42. The molecule has 1 aliphatic rings. The first-order chi connectivity index (χ1) is 9.14. The Morgan fingerprint density at radius 3 is 2.84 bits per heavy atom. The molecule has 0 radical (unpaired) electrons. The van der Waals surface area contributed by atoms with Crippen LogP contribution in [0.15, 0.2) is 18.2 Å². The zero-order chi connectivity index (χ0) is 13.9. The van der Waals surface area contributed by atoms with Crippen LogP contribution in [0.1, 0.15) is 57.6 Å². The first-order valence-electron chi connectivity index (χ1n) is 7.26. The summed E-state index contributed by atoms with van der Waals surface area (Å²) in [4.78, 5) is 0. The molecule has 1 aromatic carbocycles. The second-order valence-corrected chi connectivity index (χ2v) is 5.46. The molecule has 3 nitrogen and oxygen atoms in total. The van der Waals surface area contributed by atoms with Crippen molar-refractivity contribution in [1.82, 2.24) is 0 Å². The Hall–Kier alpha value is -1.22. The highest BCUT2D eigenvalue weighted by Gasteiger charge is 2.38. The molecule has 1 aromatic rings. The van der Waals surface area contributed by atoms with Crippen molar-refractivity contribution in [2.45, 2.75) is 57.6 Å². The molecule has 0 amide bonds. The van der Waals surface area contributed by atoms with Gasteiger partial charge in [0.2, 0.25) is 0 Å². The summed E-state index contributed by atoms with van der Waals surface area (Å²) >= 11 is 0. The molecular weight excluding hydrogens is 238 g/mol. The lowest BCUT2D eigenvalue weighted by molar-refractivity contribution is 0.0215. The van der Waals surface area contributed by atoms with Gasteiger partial charge in [-0.1, -0.05) is 26.3 Å². The predicted octanol–water partition coefficient (Wildman–Crippen LogP) is 3.82. The molecule has 3 heteroatoms. The summed E-state index contributed by atoms with van der Waals surface area (Å²) in [6.07, 6.45) is 5.34. The quantitative estimate of drug-likeness (QED) is 0.878. The zero-order valence-electron chi connectivity index (χ0n) is 12.2. The van der Waals surface area contributed by atoms with Crippen LogP contribution in [0.4, 0.5) is 0 Å². The maximum atomic E-state index is 6.34. The molecule has 0 saturated carbocycles. The summed E-state index contributed by atoms with van der Waals surface area (Å²) in [5.41, 5.74) is 7.34. The van der Waals surface area contributed by atoms with Gasteiger partial charge in [-0.2, -0.15) is 0 Å². The summed E-state index contributed by atoms with van der Waals surface area (Å²) in [5.74, 6) is 1.73. The van der Waals surface area contributed by atoms with E-state index in [1.807, 2.05) is 18.2 Å². The van der Waals surface area contributed by atoms with Crippen LogP contribution in [0.2, 0.25) is 0 Å². The first-order valence-corrected chi connectivity index (χ1v) is 7.26. The maximum Gasteiger partial charge on any atom is 0.128 e. The van der Waals surface area contributed by atoms with Crippen molar-refractivity contribution in [1.29, 1.82) is 0 Å². The lowest BCUT2D eigenvalue weighted by Gasteiger charge is -2.41. The standard InChI is InChI=1S/C16H25NO2/c1-4-6-9-16(5-2)11-14(17)13-8-7-12(18-3)10-15(13)19-16/h7-8,10,14H,4-6,9,11,17H2,1-3H3. The minimum Gasteiger partial charge on any atom is -0.497 e. The Bertz CT molecular complexity index is 433. The number of unbranched alkanes of at least 4 members (excludes halogenated alkanes) is 1. The van der Waals surface area contributed by atoms with Gasteiger partial charge in [0.15, 0.2) is 0 Å². The number of fused-ring (bicyclic) bond motifs is 1. The van der Waals surface area contributed by atoms with Crippen LogP contribution in [0.25, 0.3) is 0 Å². The average molecular weight is 263 g/mol. The molecule has 0 bridgehead atoms. The van der Waals surface area contributed by atoms with E-state index in [0.717, 1.165) is 36.3 Å². The van der Waals surface area contributed by atoms with Crippen molar-refractivity contribution in [3.05, 3.63) is 23.8 Å². The Morgan fingerprint density at radius 2 is 2.21 bits per heavy atom. The van der Waals surface area contributed by atoms with Crippen molar-refractivity contribution in [2.24, 2.45) is 5.73 Å². The fraction of sp³-hybridized carbons (Fsp3) is 0.625. The van der Waals surface area contributed by atoms with Crippen LogP contribution in [0.5, 0.6) is 11.5 Å². The van der Waals surface area contributed by atoms with Gasteiger partial charge >= 0.3 is 0 Å². The minimum atomic E-state index is -0.102. The summed E-state index contributed by atoms with van der Waals surface area (Å²) in [7, 11) is 1.68. The van der Waals surface area contributed by atoms with E-state index in [0.29, 0.717) is 0 Å². The van der Waals surface area contributed by atoms with Crippen molar-refractivity contribution in [2.75, 3.05) is 7.11 Å². The van der Waals surface area contributed by atoms with Crippen LogP contribution >= 0.6 is 0 Å². The average Bonchev–Trinajstić information content (AvgIpc) is 2.44. The smallest absolute Gasteiger partial charge is 0.128 e. The van der Waals surface area contributed by atoms with Gasteiger partial charge in [0.1, 0.15) is 17.1 Å². The maximum absolute atomic E-state index is 6.34. The molecule has 2 rings (SSSR count). The van der Waals surface area contributed by atoms with Crippen molar-refractivity contribution in [3.8, 4) is 11.5 Å². The van der Waals surface area contributed by atoms with Crippen LogP contribution in [0, 0.1) is 0 Å². The summed E-state index contributed by atoms with van der Waals surface area (Å²) in [6, 6.07) is 6.00.